The number of aliphatic hydroxyl groups is 1. The van der Waals surface area contributed by atoms with Crippen LogP contribution >= 0.6 is 0 Å². The fraction of sp³-hybridized carbons (Fsp3) is 0.618. The number of nitrogens with zero attached hydrogens (tertiary/aromatic N) is 4. The third kappa shape index (κ3) is 8.73. The van der Waals surface area contributed by atoms with Gasteiger partial charge < -0.3 is 31.1 Å². The molecular formula is C34H45F2N7O9S. The maximum atomic E-state index is 14.7. The number of likely N-dealkylation sites (tertiary alicyclic amines) is 1. The van der Waals surface area contributed by atoms with Crippen LogP contribution in [0.25, 0.3) is 0 Å². The van der Waals surface area contributed by atoms with Gasteiger partial charge in [0.1, 0.15) is 23.2 Å². The summed E-state index contributed by atoms with van der Waals surface area (Å²) in [5.41, 5.74) is 2.53. The van der Waals surface area contributed by atoms with E-state index < -0.39 is 79.2 Å². The molecule has 19 heteroatoms. The van der Waals surface area contributed by atoms with Crippen LogP contribution in [0.2, 0.25) is 0 Å². The number of sulfone groups is 1. The first-order valence-electron chi connectivity index (χ1n) is 17.5. The minimum absolute atomic E-state index is 0.0334. The van der Waals surface area contributed by atoms with Gasteiger partial charge in [-0.05, 0) is 50.5 Å². The van der Waals surface area contributed by atoms with Crippen molar-refractivity contribution in [2.45, 2.75) is 112 Å². The number of benzene rings is 1. The van der Waals surface area contributed by atoms with Crippen LogP contribution in [-0.2, 0) is 39.4 Å². The Hall–Kier alpha value is -4.36. The normalized spacial score (nSPS) is 21.6. The van der Waals surface area contributed by atoms with Crippen molar-refractivity contribution in [3.63, 3.8) is 0 Å². The van der Waals surface area contributed by atoms with E-state index in [1.165, 1.54) is 29.6 Å². The van der Waals surface area contributed by atoms with Crippen molar-refractivity contribution in [3.8, 4) is 0 Å². The topological polar surface area (TPSA) is 233 Å². The lowest BCUT2D eigenvalue weighted by molar-refractivity contribution is -0.147. The monoisotopic (exact) mass is 765 g/mol. The Morgan fingerprint density at radius 2 is 1.72 bits per heavy atom. The van der Waals surface area contributed by atoms with Crippen LogP contribution in [0.5, 0.6) is 0 Å². The van der Waals surface area contributed by atoms with Crippen molar-refractivity contribution < 1.29 is 51.0 Å². The molecule has 3 fully saturated rings. The van der Waals surface area contributed by atoms with Crippen LogP contribution in [0.4, 0.5) is 8.78 Å². The van der Waals surface area contributed by atoms with Crippen molar-refractivity contribution in [3.05, 3.63) is 41.7 Å². The number of Topliss-reactive ketones (excluding diaryl/α,β-unsaturated/α-hetero) is 1. The fourth-order valence-electron chi connectivity index (χ4n) is 7.44. The van der Waals surface area contributed by atoms with Gasteiger partial charge in [-0.25, -0.2) is 13.1 Å². The van der Waals surface area contributed by atoms with Crippen LogP contribution in [-0.4, -0.2) is 106 Å². The molecule has 16 nitrogen and oxygen atoms in total. The van der Waals surface area contributed by atoms with Gasteiger partial charge in [0.15, 0.2) is 0 Å². The predicted octanol–water partition coefficient (Wildman–Crippen LogP) is 1.13. The van der Waals surface area contributed by atoms with Gasteiger partial charge >= 0.3 is 5.76 Å². The molecule has 0 radical (unpaired) electrons. The van der Waals surface area contributed by atoms with E-state index in [1.54, 1.807) is 0 Å². The number of primary amides is 1. The summed E-state index contributed by atoms with van der Waals surface area (Å²) in [5, 5.41) is 24.4. The molecule has 1 aromatic carbocycles. The van der Waals surface area contributed by atoms with E-state index in [-0.39, 0.29) is 56.9 Å². The summed E-state index contributed by atoms with van der Waals surface area (Å²) >= 11 is 0. The van der Waals surface area contributed by atoms with Crippen LogP contribution in [0.3, 0.4) is 0 Å². The number of alkyl halides is 2. The zero-order valence-corrected chi connectivity index (χ0v) is 30.3. The Morgan fingerprint density at radius 3 is 2.30 bits per heavy atom. The number of aromatic nitrogens is 3. The number of rotatable bonds is 13. The van der Waals surface area contributed by atoms with E-state index in [0.717, 1.165) is 56.4 Å². The number of ether oxygens (including phenoxy) is 1. The van der Waals surface area contributed by atoms with E-state index in [2.05, 4.69) is 20.9 Å². The Bertz CT molecular complexity index is 1800. The first kappa shape index (κ1) is 39.8. The van der Waals surface area contributed by atoms with Gasteiger partial charge in [-0.1, -0.05) is 37.3 Å². The Kier molecular flexibility index (Phi) is 12.0. The number of nitrogens with one attached hydrogen (secondary N) is 2. The highest BCUT2D eigenvalue weighted by Gasteiger charge is 2.49. The molecule has 5 rings (SSSR count). The second-order valence-electron chi connectivity index (χ2n) is 14.5. The van der Waals surface area contributed by atoms with E-state index in [0.29, 0.717) is 5.69 Å². The molecule has 3 aliphatic rings. The number of carbonyl (C=O) groups excluding carboxylic acids is 5. The van der Waals surface area contributed by atoms with Crippen molar-refractivity contribution in [1.29, 1.82) is 0 Å². The predicted molar refractivity (Wildman–Crippen MR) is 182 cm³/mol. The van der Waals surface area contributed by atoms with Crippen molar-refractivity contribution in [1.82, 2.24) is 30.5 Å². The summed E-state index contributed by atoms with van der Waals surface area (Å²) in [6, 6.07) is 0.803. The Labute approximate surface area is 305 Å². The largest absolute Gasteiger partial charge is 0.384 e. The van der Waals surface area contributed by atoms with Gasteiger partial charge in [0.2, 0.25) is 27.4 Å². The second-order valence-corrected chi connectivity index (χ2v) is 16.4. The van der Waals surface area contributed by atoms with Gasteiger partial charge in [-0.3, -0.25) is 24.0 Å². The van der Waals surface area contributed by atoms with Gasteiger partial charge in [0.05, 0.1) is 22.8 Å². The number of amides is 4. The second kappa shape index (κ2) is 15.9. The molecule has 5 N–H and O–H groups in total. The van der Waals surface area contributed by atoms with Gasteiger partial charge in [0.25, 0.3) is 11.8 Å². The van der Waals surface area contributed by atoms with E-state index in [9.17, 15) is 46.3 Å². The smallest absolute Gasteiger partial charge is 0.341 e. The molecule has 2 aromatic rings. The lowest BCUT2D eigenvalue weighted by Crippen LogP contribution is -2.64. The molecular weight excluding hydrogens is 720 g/mol. The Balaban J connectivity index is 1.48. The molecule has 2 aliphatic heterocycles. The molecule has 1 aliphatic carbocycles. The highest BCUT2D eigenvalue weighted by atomic mass is 32.2. The molecule has 53 heavy (non-hydrogen) atoms. The Morgan fingerprint density at radius 1 is 1.08 bits per heavy atom. The number of hydrogen-bond acceptors (Lipinski definition) is 11. The third-order valence-electron chi connectivity index (χ3n) is 10.4. The summed E-state index contributed by atoms with van der Waals surface area (Å²) < 4.78 is 56.9. The number of hydrogen-bond donors (Lipinski definition) is 4. The maximum Gasteiger partial charge on any atom is 0.341 e. The highest BCUT2D eigenvalue weighted by molar-refractivity contribution is 7.91. The number of ketones is 1. The van der Waals surface area contributed by atoms with E-state index >= 15 is 0 Å². The third-order valence-corrected chi connectivity index (χ3v) is 11.8. The number of halogens is 2. The lowest BCUT2D eigenvalue weighted by Gasteiger charge is -2.37. The van der Waals surface area contributed by atoms with Crippen molar-refractivity contribution >= 4 is 39.2 Å². The first-order valence-corrected chi connectivity index (χ1v) is 19.1. The molecule has 2 unspecified atom stereocenters. The molecule has 1 aromatic heterocycles. The quantitative estimate of drug-likeness (QED) is 0.211. The summed E-state index contributed by atoms with van der Waals surface area (Å²) in [5.74, 6) is -8.00. The van der Waals surface area contributed by atoms with Crippen LogP contribution in [0.1, 0.15) is 93.7 Å². The molecule has 3 atom stereocenters. The van der Waals surface area contributed by atoms with Crippen LogP contribution in [0.15, 0.2) is 35.4 Å². The molecule has 0 spiro atoms. The zero-order valence-electron chi connectivity index (χ0n) is 29.5. The van der Waals surface area contributed by atoms with Gasteiger partial charge in [0, 0.05) is 44.6 Å². The minimum atomic E-state index is -4.91. The number of carbonyl (C=O) groups is 5. The average molecular weight is 766 g/mol. The van der Waals surface area contributed by atoms with Crippen molar-refractivity contribution in [2.75, 3.05) is 19.8 Å². The van der Waals surface area contributed by atoms with Crippen LogP contribution in [0, 0.1) is 5.92 Å². The number of nitrogens with two attached hydrogens (primary N) is 1. The molecule has 1 saturated carbocycles. The molecule has 2 saturated heterocycles. The SMILES string of the molecule is CC(C)(O)c1cnnn1C1CC(C(=O)NC2(C(=O)C(N)=O)CCOCC2)N(C(=O)[C@@H](CC2CCCCC2)NC(=O)c2ccc(S(=O)(=O)C(F)F)cc2)C1. The lowest BCUT2D eigenvalue weighted by atomic mass is 9.84. The van der Waals surface area contributed by atoms with Gasteiger partial charge in [-0.15, -0.1) is 5.10 Å². The summed E-state index contributed by atoms with van der Waals surface area (Å²) in [6.07, 6.45) is 5.91. The van der Waals surface area contributed by atoms with Crippen LogP contribution < -0.4 is 16.4 Å². The zero-order chi connectivity index (χ0) is 38.7. The van der Waals surface area contributed by atoms with E-state index in [4.69, 9.17) is 10.5 Å². The highest BCUT2D eigenvalue weighted by Crippen LogP contribution is 2.34. The van der Waals surface area contributed by atoms with Gasteiger partial charge in [-0.2, -0.15) is 8.78 Å². The molecule has 4 amide bonds. The average Bonchev–Trinajstić information content (AvgIpc) is 3.80. The van der Waals surface area contributed by atoms with E-state index in [1.807, 2.05) is 0 Å². The van der Waals surface area contributed by atoms with Crippen molar-refractivity contribution in [2.24, 2.45) is 11.7 Å². The molecule has 0 bridgehead atoms. The molecule has 290 valence electrons. The standard InChI is InChI=1S/C34H45F2N7O9S/c1-33(2,49)26-18-38-41-43(26)22-17-25(30(47)40-34(27(44)28(37)45)12-14-52-15-13-34)42(19-22)31(48)24(16-20-6-4-3-5-7-20)39-29(46)21-8-10-23(11-9-21)53(50,51)32(35)36/h8-11,18,20,22,24-25,32,49H,3-7,12-17,19H2,1-2H3,(H2,37,45)(H,39,46)(H,40,47)/t22?,24-,25?/m1/s1. The first-order chi connectivity index (χ1) is 24.9. The molecule has 3 heterocycles. The maximum absolute atomic E-state index is 14.7. The minimum Gasteiger partial charge on any atom is -0.384 e. The fourth-order valence-corrected chi connectivity index (χ4v) is 8.16. The summed E-state index contributed by atoms with van der Waals surface area (Å²) in [4.78, 5) is 68.3. The summed E-state index contributed by atoms with van der Waals surface area (Å²) in [6.45, 7) is 3.07. The summed E-state index contributed by atoms with van der Waals surface area (Å²) in [7, 11) is -4.91.